The highest BCUT2D eigenvalue weighted by Gasteiger charge is 2.40. The molecule has 100 valence electrons. The van der Waals surface area contributed by atoms with E-state index in [-0.39, 0.29) is 17.0 Å². The Labute approximate surface area is 109 Å². The number of fused-ring (bicyclic) bond motifs is 1. The molecule has 0 spiro atoms. The zero-order chi connectivity index (χ0) is 14.2. The van der Waals surface area contributed by atoms with Crippen molar-refractivity contribution in [2.24, 2.45) is 5.92 Å². The second kappa shape index (κ2) is 4.81. The number of benzene rings is 1. The van der Waals surface area contributed by atoms with Crippen LogP contribution in [0.2, 0.25) is 0 Å². The minimum absolute atomic E-state index is 0.223. The Hall–Kier alpha value is -2.21. The van der Waals surface area contributed by atoms with E-state index in [1.807, 2.05) is 0 Å². The second-order valence-corrected chi connectivity index (χ2v) is 4.56. The summed E-state index contributed by atoms with van der Waals surface area (Å²) < 4.78 is 0. The van der Waals surface area contributed by atoms with Crippen LogP contribution >= 0.6 is 0 Å². The zero-order valence-corrected chi connectivity index (χ0v) is 10.5. The van der Waals surface area contributed by atoms with Crippen LogP contribution in [0.3, 0.4) is 0 Å². The van der Waals surface area contributed by atoms with Gasteiger partial charge in [0.05, 0.1) is 11.1 Å². The molecule has 6 nitrogen and oxygen atoms in total. The van der Waals surface area contributed by atoms with Crippen LogP contribution in [0.15, 0.2) is 24.3 Å². The molecule has 1 aromatic carbocycles. The predicted molar refractivity (Wildman–Crippen MR) is 64.3 cm³/mol. The highest BCUT2D eigenvalue weighted by Crippen LogP contribution is 2.24. The van der Waals surface area contributed by atoms with Crippen molar-refractivity contribution in [3.8, 4) is 0 Å². The molecule has 0 aliphatic carbocycles. The summed E-state index contributed by atoms with van der Waals surface area (Å²) in [7, 11) is 0. The van der Waals surface area contributed by atoms with E-state index in [4.69, 9.17) is 9.94 Å². The summed E-state index contributed by atoms with van der Waals surface area (Å²) in [4.78, 5) is 40.1. The highest BCUT2D eigenvalue weighted by atomic mass is 16.7. The minimum Gasteiger partial charge on any atom is -0.479 e. The Morgan fingerprint density at radius 1 is 1.16 bits per heavy atom. The van der Waals surface area contributed by atoms with E-state index in [0.717, 1.165) is 0 Å². The molecule has 0 bridgehead atoms. The Kier molecular flexibility index (Phi) is 3.35. The lowest BCUT2D eigenvalue weighted by Gasteiger charge is -2.21. The van der Waals surface area contributed by atoms with Gasteiger partial charge in [0.1, 0.15) is 0 Å². The van der Waals surface area contributed by atoms with Gasteiger partial charge >= 0.3 is 5.97 Å². The number of amides is 2. The predicted octanol–water partition coefficient (Wildman–Crippen LogP) is 1.32. The maximum atomic E-state index is 12.0. The molecule has 1 aromatic rings. The molecule has 0 saturated carbocycles. The van der Waals surface area contributed by atoms with Gasteiger partial charge in [-0.05, 0) is 18.1 Å². The third-order valence-electron chi connectivity index (χ3n) is 2.82. The first-order valence-corrected chi connectivity index (χ1v) is 5.81. The van der Waals surface area contributed by atoms with Crippen molar-refractivity contribution in [1.29, 1.82) is 0 Å². The molecule has 0 saturated heterocycles. The molecular formula is C13H13NO5. The molecule has 2 rings (SSSR count). The number of rotatable bonds is 4. The van der Waals surface area contributed by atoms with E-state index in [1.165, 1.54) is 12.1 Å². The number of carbonyl (C=O) groups is 3. The first kappa shape index (κ1) is 13.2. The fourth-order valence-electron chi connectivity index (χ4n) is 1.83. The van der Waals surface area contributed by atoms with E-state index >= 15 is 0 Å². The number of aliphatic carboxylic acids is 1. The van der Waals surface area contributed by atoms with Crippen molar-refractivity contribution in [1.82, 2.24) is 5.06 Å². The van der Waals surface area contributed by atoms with Crippen LogP contribution in [-0.2, 0) is 9.63 Å². The Balaban J connectivity index is 2.27. The van der Waals surface area contributed by atoms with Crippen LogP contribution in [-0.4, -0.2) is 34.1 Å². The van der Waals surface area contributed by atoms with E-state index in [9.17, 15) is 14.4 Å². The molecule has 1 N–H and O–H groups in total. The van der Waals surface area contributed by atoms with Gasteiger partial charge in [0, 0.05) is 0 Å². The van der Waals surface area contributed by atoms with Crippen molar-refractivity contribution in [3.05, 3.63) is 35.4 Å². The molecule has 0 aromatic heterocycles. The second-order valence-electron chi connectivity index (χ2n) is 4.56. The summed E-state index contributed by atoms with van der Waals surface area (Å²) in [5.41, 5.74) is 0.445. The van der Waals surface area contributed by atoms with Crippen molar-refractivity contribution >= 4 is 17.8 Å². The third kappa shape index (κ3) is 2.22. The van der Waals surface area contributed by atoms with Crippen molar-refractivity contribution < 1.29 is 24.3 Å². The van der Waals surface area contributed by atoms with Crippen LogP contribution in [0, 0.1) is 5.92 Å². The normalized spacial score (nSPS) is 15.8. The molecule has 1 atom stereocenters. The monoisotopic (exact) mass is 263 g/mol. The number of carboxylic acid groups (broad SMARTS) is 1. The van der Waals surface area contributed by atoms with Gasteiger partial charge in [-0.15, -0.1) is 5.06 Å². The van der Waals surface area contributed by atoms with E-state index in [1.54, 1.807) is 26.0 Å². The Bertz CT molecular complexity index is 517. The number of hydroxylamine groups is 2. The van der Waals surface area contributed by atoms with Crippen molar-refractivity contribution in [2.75, 3.05) is 0 Å². The molecule has 6 heteroatoms. The van der Waals surface area contributed by atoms with Gasteiger partial charge in [0.15, 0.2) is 6.10 Å². The lowest BCUT2D eigenvalue weighted by atomic mass is 10.1. The van der Waals surface area contributed by atoms with E-state index in [2.05, 4.69) is 0 Å². The van der Waals surface area contributed by atoms with Gasteiger partial charge in [-0.3, -0.25) is 9.59 Å². The average molecular weight is 263 g/mol. The molecule has 1 heterocycles. The van der Waals surface area contributed by atoms with Gasteiger partial charge in [0.2, 0.25) is 0 Å². The smallest absolute Gasteiger partial charge is 0.335 e. The lowest BCUT2D eigenvalue weighted by molar-refractivity contribution is -0.181. The molecular weight excluding hydrogens is 250 g/mol. The first-order chi connectivity index (χ1) is 8.93. The fraction of sp³-hybridized carbons (Fsp3) is 0.308. The molecule has 1 aliphatic rings. The molecule has 0 radical (unpaired) electrons. The maximum absolute atomic E-state index is 12.0. The number of imide groups is 1. The fourth-order valence-corrected chi connectivity index (χ4v) is 1.83. The Morgan fingerprint density at radius 2 is 1.63 bits per heavy atom. The standard InChI is InChI=1S/C13H13NO5/c1-7(2)10(13(17)18)19-14-11(15)8-5-3-4-6-9(8)12(14)16/h3-7,10H,1-2H3,(H,17,18)/t10-/m1/s1. The minimum atomic E-state index is -1.25. The molecule has 19 heavy (non-hydrogen) atoms. The summed E-state index contributed by atoms with van der Waals surface area (Å²) in [6.45, 7) is 3.27. The van der Waals surface area contributed by atoms with Gasteiger partial charge in [0.25, 0.3) is 11.8 Å². The van der Waals surface area contributed by atoms with Crippen LogP contribution in [0.1, 0.15) is 34.6 Å². The number of carboxylic acids is 1. The average Bonchev–Trinajstić information content (AvgIpc) is 2.59. The van der Waals surface area contributed by atoms with E-state index in [0.29, 0.717) is 5.06 Å². The summed E-state index contributed by atoms with van der Waals surface area (Å²) >= 11 is 0. The zero-order valence-electron chi connectivity index (χ0n) is 10.5. The summed E-state index contributed by atoms with van der Waals surface area (Å²) in [6.07, 6.45) is -1.25. The van der Waals surface area contributed by atoms with Crippen LogP contribution in [0.5, 0.6) is 0 Å². The third-order valence-corrected chi connectivity index (χ3v) is 2.82. The summed E-state index contributed by atoms with van der Waals surface area (Å²) in [5.74, 6) is -2.85. The van der Waals surface area contributed by atoms with Gasteiger partial charge in [-0.25, -0.2) is 9.63 Å². The van der Waals surface area contributed by atoms with Crippen molar-refractivity contribution in [3.63, 3.8) is 0 Å². The summed E-state index contributed by atoms with van der Waals surface area (Å²) in [6, 6.07) is 6.27. The number of hydrogen-bond donors (Lipinski definition) is 1. The molecule has 0 fully saturated rings. The van der Waals surface area contributed by atoms with Crippen LogP contribution in [0.25, 0.3) is 0 Å². The number of hydrogen-bond acceptors (Lipinski definition) is 4. The molecule has 1 aliphatic heterocycles. The van der Waals surface area contributed by atoms with Crippen molar-refractivity contribution in [2.45, 2.75) is 20.0 Å². The van der Waals surface area contributed by atoms with Gasteiger partial charge in [-0.2, -0.15) is 0 Å². The lowest BCUT2D eigenvalue weighted by Crippen LogP contribution is -2.40. The molecule has 2 amide bonds. The van der Waals surface area contributed by atoms with Crippen LogP contribution < -0.4 is 0 Å². The first-order valence-electron chi connectivity index (χ1n) is 5.81. The van der Waals surface area contributed by atoms with Crippen LogP contribution in [0.4, 0.5) is 0 Å². The number of nitrogens with zero attached hydrogens (tertiary/aromatic N) is 1. The topological polar surface area (TPSA) is 83.9 Å². The Morgan fingerprint density at radius 3 is 2.00 bits per heavy atom. The molecule has 0 unspecified atom stereocenters. The highest BCUT2D eigenvalue weighted by molar-refractivity contribution is 6.20. The van der Waals surface area contributed by atoms with Gasteiger partial charge < -0.3 is 5.11 Å². The van der Waals surface area contributed by atoms with Gasteiger partial charge in [-0.1, -0.05) is 26.0 Å². The SMILES string of the molecule is CC(C)[C@@H](ON1C(=O)c2ccccc2C1=O)C(=O)O. The summed E-state index contributed by atoms with van der Waals surface area (Å²) in [5, 5.41) is 9.55. The number of carbonyl (C=O) groups excluding carboxylic acids is 2. The van der Waals surface area contributed by atoms with E-state index < -0.39 is 23.9 Å². The largest absolute Gasteiger partial charge is 0.479 e. The quantitative estimate of drug-likeness (QED) is 0.828. The maximum Gasteiger partial charge on any atom is 0.335 e.